The van der Waals surface area contributed by atoms with Crippen molar-refractivity contribution in [3.63, 3.8) is 0 Å². The van der Waals surface area contributed by atoms with Gasteiger partial charge in [-0.05, 0) is 37.5 Å². The first kappa shape index (κ1) is 14.6. The number of likely N-dealkylation sites (tertiary alicyclic amines) is 1. The lowest BCUT2D eigenvalue weighted by molar-refractivity contribution is 0.258. The van der Waals surface area contributed by atoms with Crippen LogP contribution in [0.4, 0.5) is 5.69 Å². The lowest BCUT2D eigenvalue weighted by Gasteiger charge is -2.32. The van der Waals surface area contributed by atoms with Crippen LogP contribution in [0.25, 0.3) is 0 Å². The van der Waals surface area contributed by atoms with Gasteiger partial charge in [0.2, 0.25) is 0 Å². The van der Waals surface area contributed by atoms with Crippen molar-refractivity contribution in [3.05, 3.63) is 28.2 Å². The molecule has 1 aromatic carbocycles. The zero-order valence-electron chi connectivity index (χ0n) is 12.2. The van der Waals surface area contributed by atoms with E-state index in [1.807, 2.05) is 18.2 Å². The van der Waals surface area contributed by atoms with Gasteiger partial charge in [0.25, 0.3) is 0 Å². The van der Waals surface area contributed by atoms with Gasteiger partial charge in [-0.3, -0.25) is 0 Å². The monoisotopic (exact) mass is 345 g/mol. The van der Waals surface area contributed by atoms with Crippen molar-refractivity contribution in [1.82, 2.24) is 4.90 Å². The summed E-state index contributed by atoms with van der Waals surface area (Å²) in [5.41, 5.74) is 1.45. The molecule has 1 saturated carbocycles. The number of nitriles is 1. The van der Waals surface area contributed by atoms with Gasteiger partial charge in [-0.2, -0.15) is 5.26 Å². The van der Waals surface area contributed by atoms with Crippen LogP contribution in [0, 0.1) is 11.3 Å². The predicted octanol–water partition coefficient (Wildman–Crippen LogP) is 4.78. The van der Waals surface area contributed by atoms with Gasteiger partial charge in [-0.25, -0.2) is 4.99 Å². The summed E-state index contributed by atoms with van der Waals surface area (Å²) in [4.78, 5) is 7.33. The molecule has 0 bridgehead atoms. The van der Waals surface area contributed by atoms with E-state index in [2.05, 4.69) is 26.9 Å². The molecule has 2 fully saturated rings. The summed E-state index contributed by atoms with van der Waals surface area (Å²) < 4.78 is 0.929. The average molecular weight is 346 g/mol. The molecule has 3 rings (SSSR count). The lowest BCUT2D eigenvalue weighted by Crippen LogP contribution is -2.37. The Morgan fingerprint density at radius 1 is 1.19 bits per heavy atom. The molecule has 0 atom stereocenters. The van der Waals surface area contributed by atoms with E-state index in [0.717, 1.165) is 23.1 Å². The Labute approximate surface area is 134 Å². The van der Waals surface area contributed by atoms with Gasteiger partial charge in [0.1, 0.15) is 11.9 Å². The molecule has 21 heavy (non-hydrogen) atoms. The number of aliphatic imine (C=N–C) groups is 1. The van der Waals surface area contributed by atoms with Crippen molar-refractivity contribution < 1.29 is 0 Å². The normalized spacial score (nSPS) is 21.7. The highest BCUT2D eigenvalue weighted by molar-refractivity contribution is 9.10. The Bertz CT molecular complexity index is 582. The zero-order valence-corrected chi connectivity index (χ0v) is 13.8. The van der Waals surface area contributed by atoms with Gasteiger partial charge in [0, 0.05) is 23.5 Å². The second-order valence-corrected chi connectivity index (χ2v) is 6.81. The molecule has 1 aliphatic carbocycles. The van der Waals surface area contributed by atoms with Crippen molar-refractivity contribution in [3.8, 4) is 6.07 Å². The Balaban J connectivity index is 1.86. The number of halogens is 1. The van der Waals surface area contributed by atoms with E-state index in [4.69, 9.17) is 4.99 Å². The number of hydrogen-bond acceptors (Lipinski definition) is 2. The average Bonchev–Trinajstić information content (AvgIpc) is 2.98. The van der Waals surface area contributed by atoms with Crippen LogP contribution in [0.3, 0.4) is 0 Å². The van der Waals surface area contributed by atoms with E-state index in [-0.39, 0.29) is 0 Å². The van der Waals surface area contributed by atoms with Gasteiger partial charge < -0.3 is 4.90 Å². The third-order valence-corrected chi connectivity index (χ3v) is 4.97. The summed E-state index contributed by atoms with van der Waals surface area (Å²) in [6.45, 7) is 1.13. The summed E-state index contributed by atoms with van der Waals surface area (Å²) >= 11 is 3.41. The molecule has 0 unspecified atom stereocenters. The molecule has 1 aromatic rings. The fourth-order valence-electron chi connectivity index (χ4n) is 3.42. The number of rotatable bonds is 2. The minimum absolute atomic E-state index is 0.646. The van der Waals surface area contributed by atoms with E-state index in [0.29, 0.717) is 11.6 Å². The molecule has 0 aromatic heterocycles. The summed E-state index contributed by atoms with van der Waals surface area (Å²) in [7, 11) is 0. The molecular weight excluding hydrogens is 326 g/mol. The first-order chi connectivity index (χ1) is 10.3. The van der Waals surface area contributed by atoms with Gasteiger partial charge in [0.15, 0.2) is 0 Å². The summed E-state index contributed by atoms with van der Waals surface area (Å²) in [6, 6.07) is 8.66. The first-order valence-electron chi connectivity index (χ1n) is 7.82. The lowest BCUT2D eigenvalue weighted by atomic mass is 9.94. The van der Waals surface area contributed by atoms with Crippen molar-refractivity contribution in [1.29, 1.82) is 5.26 Å². The fourth-order valence-corrected chi connectivity index (χ4v) is 3.78. The SMILES string of the molecule is N#Cc1cc(Br)ccc1N=C1CCCN1C1CCCCC1. The molecule has 3 nitrogen and oxygen atoms in total. The van der Waals surface area contributed by atoms with Crippen molar-refractivity contribution in [2.75, 3.05) is 6.54 Å². The summed E-state index contributed by atoms with van der Waals surface area (Å²) in [5, 5.41) is 9.28. The number of amidine groups is 1. The first-order valence-corrected chi connectivity index (χ1v) is 8.61. The van der Waals surface area contributed by atoms with Crippen LogP contribution in [0.1, 0.15) is 50.5 Å². The minimum atomic E-state index is 0.646. The highest BCUT2D eigenvalue weighted by atomic mass is 79.9. The zero-order chi connectivity index (χ0) is 14.7. The number of nitrogens with zero attached hydrogens (tertiary/aromatic N) is 3. The second kappa shape index (κ2) is 6.62. The third-order valence-electron chi connectivity index (χ3n) is 4.47. The third kappa shape index (κ3) is 3.29. The standard InChI is InChI=1S/C17H20BrN3/c18-14-8-9-16(13(11-14)12-19)20-17-7-4-10-21(17)15-5-2-1-3-6-15/h8-9,11,15H,1-7,10H2. The van der Waals surface area contributed by atoms with Gasteiger partial charge >= 0.3 is 0 Å². The second-order valence-electron chi connectivity index (χ2n) is 5.89. The Kier molecular flexibility index (Phi) is 4.60. The highest BCUT2D eigenvalue weighted by Crippen LogP contribution is 2.29. The highest BCUT2D eigenvalue weighted by Gasteiger charge is 2.27. The minimum Gasteiger partial charge on any atom is -0.357 e. The summed E-state index contributed by atoms with van der Waals surface area (Å²) in [5.74, 6) is 1.18. The Morgan fingerprint density at radius 3 is 2.76 bits per heavy atom. The van der Waals surface area contributed by atoms with Crippen molar-refractivity contribution in [2.24, 2.45) is 4.99 Å². The van der Waals surface area contributed by atoms with Crippen LogP contribution in [-0.4, -0.2) is 23.3 Å². The maximum Gasteiger partial charge on any atom is 0.105 e. The molecular formula is C17H20BrN3. The van der Waals surface area contributed by atoms with E-state index < -0.39 is 0 Å². The largest absolute Gasteiger partial charge is 0.357 e. The van der Waals surface area contributed by atoms with Crippen LogP contribution in [0.5, 0.6) is 0 Å². The van der Waals surface area contributed by atoms with Gasteiger partial charge in [-0.15, -0.1) is 0 Å². The molecule has 0 N–H and O–H groups in total. The maximum atomic E-state index is 9.28. The maximum absolute atomic E-state index is 9.28. The molecule has 0 spiro atoms. The number of hydrogen-bond donors (Lipinski definition) is 0. The number of benzene rings is 1. The predicted molar refractivity (Wildman–Crippen MR) is 88.8 cm³/mol. The molecule has 110 valence electrons. The van der Waals surface area contributed by atoms with Crippen LogP contribution >= 0.6 is 15.9 Å². The van der Waals surface area contributed by atoms with E-state index >= 15 is 0 Å². The smallest absolute Gasteiger partial charge is 0.105 e. The van der Waals surface area contributed by atoms with E-state index in [1.54, 1.807) is 0 Å². The van der Waals surface area contributed by atoms with Gasteiger partial charge in [0.05, 0.1) is 11.3 Å². The summed E-state index contributed by atoms with van der Waals surface area (Å²) in [6.07, 6.45) is 8.88. The Morgan fingerprint density at radius 2 is 2.00 bits per heavy atom. The van der Waals surface area contributed by atoms with Crippen LogP contribution in [0.15, 0.2) is 27.7 Å². The molecule has 1 aliphatic heterocycles. The quantitative estimate of drug-likeness (QED) is 0.773. The van der Waals surface area contributed by atoms with E-state index in [9.17, 15) is 5.26 Å². The van der Waals surface area contributed by atoms with Crippen molar-refractivity contribution >= 4 is 27.5 Å². The molecule has 0 radical (unpaired) electrons. The molecule has 1 heterocycles. The molecule has 4 heteroatoms. The molecule has 1 saturated heterocycles. The van der Waals surface area contributed by atoms with Crippen LogP contribution in [-0.2, 0) is 0 Å². The van der Waals surface area contributed by atoms with E-state index in [1.165, 1.54) is 44.4 Å². The molecule has 0 amide bonds. The Hall–Kier alpha value is -1.34. The van der Waals surface area contributed by atoms with Crippen LogP contribution in [0.2, 0.25) is 0 Å². The van der Waals surface area contributed by atoms with Crippen molar-refractivity contribution in [2.45, 2.75) is 51.0 Å². The molecule has 2 aliphatic rings. The topological polar surface area (TPSA) is 39.4 Å². The fraction of sp³-hybridized carbons (Fsp3) is 0.529. The van der Waals surface area contributed by atoms with Crippen LogP contribution < -0.4 is 0 Å². The van der Waals surface area contributed by atoms with Gasteiger partial charge in [-0.1, -0.05) is 35.2 Å².